The van der Waals surface area contributed by atoms with Crippen LogP contribution in [0.2, 0.25) is 5.02 Å². The Morgan fingerprint density at radius 1 is 1.27 bits per heavy atom. The molecule has 1 N–H and O–H groups in total. The zero-order valence-electron chi connectivity index (χ0n) is 9.57. The summed E-state index contributed by atoms with van der Waals surface area (Å²) in [6.45, 7) is 6.63. The van der Waals surface area contributed by atoms with Crippen molar-refractivity contribution in [3.05, 3.63) is 33.3 Å². The number of halogens is 2. The summed E-state index contributed by atoms with van der Waals surface area (Å²) >= 11 is 9.51. The normalized spacial score (nSPS) is 14.0. The molecular weight excluding hydrogens is 273 g/mol. The van der Waals surface area contributed by atoms with E-state index in [-0.39, 0.29) is 5.41 Å². The molecule has 0 saturated carbocycles. The molecule has 3 heteroatoms. The maximum atomic E-state index is 6.04. The third-order valence-corrected chi connectivity index (χ3v) is 3.05. The van der Waals surface area contributed by atoms with Crippen LogP contribution < -0.4 is 5.32 Å². The minimum absolute atomic E-state index is 0.166. The van der Waals surface area contributed by atoms with Crippen molar-refractivity contribution in [2.75, 3.05) is 7.05 Å². The van der Waals surface area contributed by atoms with Gasteiger partial charge in [-0.15, -0.1) is 0 Å². The first kappa shape index (κ1) is 13.0. The summed E-state index contributed by atoms with van der Waals surface area (Å²) in [5, 5.41) is 4.10. The molecule has 0 radical (unpaired) electrons. The minimum Gasteiger partial charge on any atom is -0.313 e. The first-order valence-corrected chi connectivity index (χ1v) is 6.15. The van der Waals surface area contributed by atoms with Gasteiger partial charge >= 0.3 is 0 Å². The molecule has 84 valence electrons. The van der Waals surface area contributed by atoms with Crippen LogP contribution in [0.15, 0.2) is 22.7 Å². The molecular formula is C12H17BrClN. The predicted molar refractivity (Wildman–Crippen MR) is 70.4 cm³/mol. The van der Waals surface area contributed by atoms with E-state index in [0.717, 1.165) is 9.50 Å². The van der Waals surface area contributed by atoms with Crippen molar-refractivity contribution in [2.24, 2.45) is 5.41 Å². The van der Waals surface area contributed by atoms with Crippen LogP contribution in [0.25, 0.3) is 0 Å². The monoisotopic (exact) mass is 289 g/mol. The molecule has 0 aromatic heterocycles. The molecule has 1 nitrogen and oxygen atoms in total. The Labute approximate surface area is 105 Å². The topological polar surface area (TPSA) is 12.0 Å². The smallest absolute Gasteiger partial charge is 0.0420 e. The molecule has 0 aliphatic carbocycles. The van der Waals surface area contributed by atoms with E-state index < -0.39 is 0 Å². The average molecular weight is 291 g/mol. The molecule has 1 unspecified atom stereocenters. The van der Waals surface area contributed by atoms with E-state index in [1.165, 1.54) is 5.56 Å². The van der Waals surface area contributed by atoms with Gasteiger partial charge in [-0.2, -0.15) is 0 Å². The lowest BCUT2D eigenvalue weighted by atomic mass is 9.82. The van der Waals surface area contributed by atoms with E-state index in [0.29, 0.717) is 6.04 Å². The van der Waals surface area contributed by atoms with Crippen LogP contribution in [0.3, 0.4) is 0 Å². The van der Waals surface area contributed by atoms with Crippen molar-refractivity contribution in [2.45, 2.75) is 26.8 Å². The summed E-state index contributed by atoms with van der Waals surface area (Å²) < 4.78 is 1.02. The first-order chi connectivity index (χ1) is 6.84. The summed E-state index contributed by atoms with van der Waals surface area (Å²) in [6, 6.07) is 6.32. The highest BCUT2D eigenvalue weighted by atomic mass is 79.9. The maximum absolute atomic E-state index is 6.04. The molecule has 0 spiro atoms. The van der Waals surface area contributed by atoms with E-state index in [1.54, 1.807) is 0 Å². The second-order valence-electron chi connectivity index (χ2n) is 4.79. The highest BCUT2D eigenvalue weighted by molar-refractivity contribution is 9.10. The van der Waals surface area contributed by atoms with Crippen LogP contribution in [0.4, 0.5) is 0 Å². The number of hydrogen-bond donors (Lipinski definition) is 1. The van der Waals surface area contributed by atoms with E-state index in [4.69, 9.17) is 11.6 Å². The fourth-order valence-corrected chi connectivity index (χ4v) is 2.73. The van der Waals surface area contributed by atoms with Crippen LogP contribution in [-0.4, -0.2) is 7.05 Å². The molecule has 1 atom stereocenters. The van der Waals surface area contributed by atoms with Gasteiger partial charge in [0.25, 0.3) is 0 Å². The largest absolute Gasteiger partial charge is 0.313 e. The molecule has 0 fully saturated rings. The maximum Gasteiger partial charge on any atom is 0.0420 e. The Balaban J connectivity index is 3.13. The zero-order chi connectivity index (χ0) is 11.6. The number of benzene rings is 1. The zero-order valence-corrected chi connectivity index (χ0v) is 11.9. The van der Waals surface area contributed by atoms with Crippen LogP contribution in [0, 0.1) is 5.41 Å². The summed E-state index contributed by atoms with van der Waals surface area (Å²) in [5.41, 5.74) is 1.38. The average Bonchev–Trinajstić information content (AvgIpc) is 1.99. The summed E-state index contributed by atoms with van der Waals surface area (Å²) in [5.74, 6) is 0. The van der Waals surface area contributed by atoms with E-state index in [2.05, 4.69) is 48.1 Å². The summed E-state index contributed by atoms with van der Waals surface area (Å²) in [6.07, 6.45) is 0. The van der Waals surface area contributed by atoms with Gasteiger partial charge in [-0.05, 0) is 36.2 Å². The fraction of sp³-hybridized carbons (Fsp3) is 0.500. The van der Waals surface area contributed by atoms with Crippen molar-refractivity contribution in [1.82, 2.24) is 5.32 Å². The number of rotatable bonds is 2. The Hall–Kier alpha value is -0.0500. The Kier molecular flexibility index (Phi) is 4.21. The second-order valence-corrected chi connectivity index (χ2v) is 6.14. The molecule has 0 saturated heterocycles. The second kappa shape index (κ2) is 4.86. The molecule has 0 aliphatic rings. The molecule has 0 bridgehead atoms. The predicted octanol–water partition coefficient (Wildman–Crippen LogP) is 4.41. The SMILES string of the molecule is CNC(c1cc(Cl)cc(Br)c1)C(C)(C)C. The lowest BCUT2D eigenvalue weighted by Gasteiger charge is -2.31. The lowest BCUT2D eigenvalue weighted by Crippen LogP contribution is -2.29. The summed E-state index contributed by atoms with van der Waals surface area (Å²) in [7, 11) is 1.98. The van der Waals surface area contributed by atoms with E-state index >= 15 is 0 Å². The van der Waals surface area contributed by atoms with E-state index in [1.807, 2.05) is 19.2 Å². The Morgan fingerprint density at radius 2 is 1.87 bits per heavy atom. The molecule has 0 aliphatic heterocycles. The van der Waals surface area contributed by atoms with Gasteiger partial charge in [0.1, 0.15) is 0 Å². The van der Waals surface area contributed by atoms with E-state index in [9.17, 15) is 0 Å². The van der Waals surface area contributed by atoms with Gasteiger partial charge in [0, 0.05) is 15.5 Å². The first-order valence-electron chi connectivity index (χ1n) is 4.98. The van der Waals surface area contributed by atoms with Crippen molar-refractivity contribution in [1.29, 1.82) is 0 Å². The van der Waals surface area contributed by atoms with Crippen LogP contribution >= 0.6 is 27.5 Å². The molecule has 1 rings (SSSR count). The minimum atomic E-state index is 0.166. The standard InChI is InChI=1S/C12H17BrClN/c1-12(2,3)11(15-4)8-5-9(13)7-10(14)6-8/h5-7,11,15H,1-4H3. The van der Waals surface area contributed by atoms with Gasteiger partial charge in [-0.3, -0.25) is 0 Å². The van der Waals surface area contributed by atoms with Crippen molar-refractivity contribution < 1.29 is 0 Å². The van der Waals surface area contributed by atoms with Gasteiger partial charge in [0.2, 0.25) is 0 Å². The lowest BCUT2D eigenvalue weighted by molar-refractivity contribution is 0.287. The number of nitrogens with one attached hydrogen (secondary N) is 1. The number of hydrogen-bond acceptors (Lipinski definition) is 1. The third kappa shape index (κ3) is 3.47. The van der Waals surface area contributed by atoms with Crippen LogP contribution in [-0.2, 0) is 0 Å². The van der Waals surface area contributed by atoms with Gasteiger partial charge in [0.05, 0.1) is 0 Å². The van der Waals surface area contributed by atoms with Gasteiger partial charge < -0.3 is 5.32 Å². The van der Waals surface area contributed by atoms with Crippen LogP contribution in [0.1, 0.15) is 32.4 Å². The third-order valence-electron chi connectivity index (χ3n) is 2.37. The van der Waals surface area contributed by atoms with Gasteiger partial charge in [0.15, 0.2) is 0 Å². The van der Waals surface area contributed by atoms with Crippen molar-refractivity contribution in [3.8, 4) is 0 Å². The van der Waals surface area contributed by atoms with Gasteiger partial charge in [-0.25, -0.2) is 0 Å². The van der Waals surface area contributed by atoms with Crippen molar-refractivity contribution >= 4 is 27.5 Å². The summed E-state index contributed by atoms with van der Waals surface area (Å²) in [4.78, 5) is 0. The Morgan fingerprint density at radius 3 is 2.27 bits per heavy atom. The van der Waals surface area contributed by atoms with Gasteiger partial charge in [-0.1, -0.05) is 48.3 Å². The highest BCUT2D eigenvalue weighted by Crippen LogP contribution is 2.34. The molecule has 0 heterocycles. The molecule has 1 aromatic carbocycles. The molecule has 15 heavy (non-hydrogen) atoms. The fourth-order valence-electron chi connectivity index (χ4n) is 1.84. The Bertz CT molecular complexity index is 324. The highest BCUT2D eigenvalue weighted by Gasteiger charge is 2.24. The van der Waals surface area contributed by atoms with Crippen molar-refractivity contribution in [3.63, 3.8) is 0 Å². The molecule has 1 aromatic rings. The molecule has 0 amide bonds. The quantitative estimate of drug-likeness (QED) is 0.851. The van der Waals surface area contributed by atoms with Crippen LogP contribution in [0.5, 0.6) is 0 Å².